The van der Waals surface area contributed by atoms with E-state index in [9.17, 15) is 20.4 Å². The van der Waals surface area contributed by atoms with Crippen LogP contribution in [0.3, 0.4) is 0 Å². The molecule has 2 aromatic rings. The second kappa shape index (κ2) is 4.44. The molecule has 0 spiro atoms. The van der Waals surface area contributed by atoms with E-state index in [-0.39, 0.29) is 23.0 Å². The molecule has 0 bridgehead atoms. The first kappa shape index (κ1) is 13.1. The average molecular weight is 296 g/mol. The van der Waals surface area contributed by atoms with Crippen LogP contribution in [-0.2, 0) is 12.8 Å². The van der Waals surface area contributed by atoms with E-state index in [0.717, 1.165) is 47.1 Å². The molecular weight excluding hydrogens is 280 g/mol. The zero-order valence-electron chi connectivity index (χ0n) is 11.9. The monoisotopic (exact) mass is 296 g/mol. The van der Waals surface area contributed by atoms with Crippen molar-refractivity contribution in [1.29, 1.82) is 0 Å². The van der Waals surface area contributed by atoms with Gasteiger partial charge in [-0.2, -0.15) is 0 Å². The molecule has 4 rings (SSSR count). The third-order valence-electron chi connectivity index (χ3n) is 4.77. The highest BCUT2D eigenvalue weighted by molar-refractivity contribution is 5.89. The molecule has 0 radical (unpaired) electrons. The molecule has 0 aromatic heterocycles. The van der Waals surface area contributed by atoms with Gasteiger partial charge in [0.25, 0.3) is 0 Å². The van der Waals surface area contributed by atoms with E-state index in [4.69, 9.17) is 0 Å². The molecule has 2 aromatic carbocycles. The Morgan fingerprint density at radius 3 is 2.50 bits per heavy atom. The van der Waals surface area contributed by atoms with Crippen molar-refractivity contribution in [3.8, 4) is 23.0 Å². The van der Waals surface area contributed by atoms with Crippen molar-refractivity contribution >= 4 is 11.6 Å². The molecule has 112 valence electrons. The minimum absolute atomic E-state index is 0.0313. The molecule has 0 saturated heterocycles. The highest BCUT2D eigenvalue weighted by Crippen LogP contribution is 2.47. The smallest absolute Gasteiger partial charge is 0.161 e. The van der Waals surface area contributed by atoms with Crippen molar-refractivity contribution in [2.24, 2.45) is 5.92 Å². The molecule has 1 unspecified atom stereocenters. The Labute approximate surface area is 127 Å². The Kier molecular flexibility index (Phi) is 2.64. The molecule has 4 N–H and O–H groups in total. The predicted octanol–water partition coefficient (Wildman–Crippen LogP) is 3.17. The highest BCUT2D eigenvalue weighted by Gasteiger charge is 2.30. The zero-order valence-corrected chi connectivity index (χ0v) is 11.9. The SMILES string of the molecule is Oc1cc2c(cc1O)CC1CCc3c(ccc(O)c3O)C1=C2. The molecule has 4 heteroatoms. The van der Waals surface area contributed by atoms with Crippen LogP contribution in [0.4, 0.5) is 0 Å². The zero-order chi connectivity index (χ0) is 15.4. The molecule has 4 nitrogen and oxygen atoms in total. The fourth-order valence-electron chi connectivity index (χ4n) is 3.63. The van der Waals surface area contributed by atoms with Gasteiger partial charge in [0.15, 0.2) is 23.0 Å². The Balaban J connectivity index is 1.91. The minimum Gasteiger partial charge on any atom is -0.504 e. The number of aromatic hydroxyl groups is 4. The lowest BCUT2D eigenvalue weighted by Crippen LogP contribution is -2.19. The summed E-state index contributed by atoms with van der Waals surface area (Å²) in [7, 11) is 0. The van der Waals surface area contributed by atoms with Gasteiger partial charge in [0.1, 0.15) is 0 Å². The number of phenols is 4. The van der Waals surface area contributed by atoms with Gasteiger partial charge in [0.05, 0.1) is 0 Å². The van der Waals surface area contributed by atoms with E-state index in [2.05, 4.69) is 0 Å². The van der Waals surface area contributed by atoms with E-state index in [1.54, 1.807) is 12.1 Å². The summed E-state index contributed by atoms with van der Waals surface area (Å²) in [5.74, 6) is -0.00586. The average Bonchev–Trinajstić information content (AvgIpc) is 2.50. The topological polar surface area (TPSA) is 80.9 Å². The summed E-state index contributed by atoms with van der Waals surface area (Å²) in [5.41, 5.74) is 4.78. The van der Waals surface area contributed by atoms with Crippen LogP contribution < -0.4 is 0 Å². The molecule has 2 aliphatic rings. The summed E-state index contributed by atoms with van der Waals surface area (Å²) in [4.78, 5) is 0. The Morgan fingerprint density at radius 2 is 1.68 bits per heavy atom. The minimum atomic E-state index is -0.126. The van der Waals surface area contributed by atoms with Crippen molar-refractivity contribution in [3.63, 3.8) is 0 Å². The fraction of sp³-hybridized carbons (Fsp3) is 0.222. The summed E-state index contributed by atoms with van der Waals surface area (Å²) in [6.45, 7) is 0. The standard InChI is InChI=1S/C18H16O4/c19-15-4-3-12-13(18(15)22)2-1-9-5-10-7-16(20)17(21)8-11(10)6-14(9)12/h3-4,6-9,19-22H,1-2,5H2. The van der Waals surface area contributed by atoms with Crippen LogP contribution in [0.1, 0.15) is 28.7 Å². The van der Waals surface area contributed by atoms with Crippen LogP contribution in [0.15, 0.2) is 24.3 Å². The molecule has 0 fully saturated rings. The fourth-order valence-corrected chi connectivity index (χ4v) is 3.63. The van der Waals surface area contributed by atoms with Gasteiger partial charge >= 0.3 is 0 Å². The molecule has 0 aliphatic heterocycles. The Hall–Kier alpha value is -2.62. The van der Waals surface area contributed by atoms with Crippen LogP contribution >= 0.6 is 0 Å². The Bertz CT molecular complexity index is 820. The van der Waals surface area contributed by atoms with Crippen molar-refractivity contribution in [1.82, 2.24) is 0 Å². The molecule has 2 aliphatic carbocycles. The summed E-state index contributed by atoms with van der Waals surface area (Å²) in [5, 5.41) is 39.1. The second-order valence-corrected chi connectivity index (χ2v) is 6.04. The molecule has 22 heavy (non-hydrogen) atoms. The van der Waals surface area contributed by atoms with E-state index >= 15 is 0 Å². The number of rotatable bonds is 0. The summed E-state index contributed by atoms with van der Waals surface area (Å²) < 4.78 is 0. The first-order chi connectivity index (χ1) is 10.5. The van der Waals surface area contributed by atoms with Gasteiger partial charge in [0, 0.05) is 5.56 Å². The number of fused-ring (bicyclic) bond motifs is 4. The summed E-state index contributed by atoms with van der Waals surface area (Å²) >= 11 is 0. The highest BCUT2D eigenvalue weighted by atomic mass is 16.3. The third-order valence-corrected chi connectivity index (χ3v) is 4.77. The lowest BCUT2D eigenvalue weighted by atomic mass is 9.72. The molecule has 0 amide bonds. The normalized spacial score (nSPS) is 18.9. The first-order valence-electron chi connectivity index (χ1n) is 7.35. The van der Waals surface area contributed by atoms with Crippen LogP contribution in [0, 0.1) is 5.92 Å². The summed E-state index contributed by atoms with van der Waals surface area (Å²) in [6, 6.07) is 6.55. The van der Waals surface area contributed by atoms with Crippen molar-refractivity contribution < 1.29 is 20.4 Å². The lowest BCUT2D eigenvalue weighted by Gasteiger charge is -2.32. The maximum Gasteiger partial charge on any atom is 0.161 e. The van der Waals surface area contributed by atoms with Crippen LogP contribution in [0.25, 0.3) is 11.6 Å². The van der Waals surface area contributed by atoms with Crippen molar-refractivity contribution in [3.05, 3.63) is 46.5 Å². The quantitative estimate of drug-likeness (QED) is 0.563. The predicted molar refractivity (Wildman–Crippen MR) is 82.9 cm³/mol. The van der Waals surface area contributed by atoms with Crippen molar-refractivity contribution in [2.45, 2.75) is 19.3 Å². The van der Waals surface area contributed by atoms with E-state index < -0.39 is 0 Å². The number of phenolic OH excluding ortho intramolecular Hbond substituents is 4. The summed E-state index contributed by atoms with van der Waals surface area (Å²) in [6.07, 6.45) is 4.42. The van der Waals surface area contributed by atoms with Gasteiger partial charge in [-0.3, -0.25) is 0 Å². The van der Waals surface area contributed by atoms with Gasteiger partial charge in [-0.1, -0.05) is 12.1 Å². The molecule has 1 atom stereocenters. The van der Waals surface area contributed by atoms with Gasteiger partial charge < -0.3 is 20.4 Å². The van der Waals surface area contributed by atoms with E-state index in [1.165, 1.54) is 6.07 Å². The third kappa shape index (κ3) is 1.77. The first-order valence-corrected chi connectivity index (χ1v) is 7.35. The number of allylic oxidation sites excluding steroid dienone is 1. The van der Waals surface area contributed by atoms with Gasteiger partial charge in [-0.25, -0.2) is 0 Å². The van der Waals surface area contributed by atoms with Gasteiger partial charge in [0.2, 0.25) is 0 Å². The lowest BCUT2D eigenvalue weighted by molar-refractivity contribution is 0.395. The Morgan fingerprint density at radius 1 is 0.909 bits per heavy atom. The van der Waals surface area contributed by atoms with Gasteiger partial charge in [-0.05, 0) is 65.6 Å². The maximum atomic E-state index is 10.1. The maximum absolute atomic E-state index is 10.1. The second-order valence-electron chi connectivity index (χ2n) is 6.04. The number of hydrogen-bond acceptors (Lipinski definition) is 4. The van der Waals surface area contributed by atoms with Crippen LogP contribution in [0.5, 0.6) is 23.0 Å². The van der Waals surface area contributed by atoms with Crippen LogP contribution in [0.2, 0.25) is 0 Å². The largest absolute Gasteiger partial charge is 0.504 e. The van der Waals surface area contributed by atoms with Crippen molar-refractivity contribution in [2.75, 3.05) is 0 Å². The van der Waals surface area contributed by atoms with Crippen LogP contribution in [-0.4, -0.2) is 20.4 Å². The van der Waals surface area contributed by atoms with Gasteiger partial charge in [-0.15, -0.1) is 0 Å². The number of hydrogen-bond donors (Lipinski definition) is 4. The van der Waals surface area contributed by atoms with E-state index in [1.807, 2.05) is 12.1 Å². The number of benzene rings is 2. The molecular formula is C18H16O4. The molecule has 0 heterocycles. The van der Waals surface area contributed by atoms with E-state index in [0.29, 0.717) is 5.92 Å². The molecule has 0 saturated carbocycles.